The highest BCUT2D eigenvalue weighted by molar-refractivity contribution is 5.96. The van der Waals surface area contributed by atoms with Crippen LogP contribution in [-0.4, -0.2) is 38.4 Å². The second kappa shape index (κ2) is 6.77. The number of nitrogens with zero attached hydrogens (tertiary/aromatic N) is 4. The van der Waals surface area contributed by atoms with Gasteiger partial charge in [-0.1, -0.05) is 0 Å². The van der Waals surface area contributed by atoms with Crippen molar-refractivity contribution in [2.45, 2.75) is 38.6 Å². The van der Waals surface area contributed by atoms with Gasteiger partial charge in [0.2, 0.25) is 0 Å². The first kappa shape index (κ1) is 16.1. The fourth-order valence-electron chi connectivity index (χ4n) is 2.33. The van der Waals surface area contributed by atoms with Gasteiger partial charge in [0.25, 0.3) is 5.91 Å². The van der Waals surface area contributed by atoms with E-state index >= 15 is 0 Å². The first-order valence-electron chi connectivity index (χ1n) is 7.99. The highest BCUT2D eigenvalue weighted by atomic mass is 16.2. The van der Waals surface area contributed by atoms with Crippen molar-refractivity contribution >= 4 is 17.5 Å². The molecule has 8 nitrogen and oxygen atoms in total. The number of anilines is 2. The Kier molecular flexibility index (Phi) is 4.54. The maximum atomic E-state index is 12.1. The molecule has 1 aliphatic carbocycles. The zero-order valence-electron chi connectivity index (χ0n) is 13.8. The van der Waals surface area contributed by atoms with Gasteiger partial charge in [0.05, 0.1) is 0 Å². The van der Waals surface area contributed by atoms with Gasteiger partial charge < -0.3 is 16.4 Å². The number of nitrogen functional groups attached to an aromatic ring is 1. The summed E-state index contributed by atoms with van der Waals surface area (Å²) in [6, 6.07) is 1.78. The fraction of sp³-hybridized carbons (Fsp3) is 0.438. The molecule has 0 aliphatic heterocycles. The van der Waals surface area contributed by atoms with Crippen molar-refractivity contribution in [3.8, 4) is 0 Å². The summed E-state index contributed by atoms with van der Waals surface area (Å²) in [5, 5.41) is 6.09. The lowest BCUT2D eigenvalue weighted by molar-refractivity contribution is 0.0937. The van der Waals surface area contributed by atoms with E-state index < -0.39 is 0 Å². The number of rotatable bonds is 6. The van der Waals surface area contributed by atoms with Crippen LogP contribution < -0.4 is 16.4 Å². The predicted octanol–water partition coefficient (Wildman–Crippen LogP) is 1.27. The SMILES string of the molecule is Cc1cc(NC[C@H](C)NC(=O)c2nccnc2N)nc(C2CC2)n1. The summed E-state index contributed by atoms with van der Waals surface area (Å²) in [7, 11) is 0. The summed E-state index contributed by atoms with van der Waals surface area (Å²) < 4.78 is 0. The predicted molar refractivity (Wildman–Crippen MR) is 90.6 cm³/mol. The van der Waals surface area contributed by atoms with E-state index in [0.717, 1.165) is 30.2 Å². The molecule has 0 spiro atoms. The van der Waals surface area contributed by atoms with Crippen LogP contribution in [0.3, 0.4) is 0 Å². The number of hydrogen-bond donors (Lipinski definition) is 3. The number of aromatic nitrogens is 4. The van der Waals surface area contributed by atoms with Crippen molar-refractivity contribution in [2.24, 2.45) is 0 Å². The van der Waals surface area contributed by atoms with Crippen LogP contribution in [0.25, 0.3) is 0 Å². The van der Waals surface area contributed by atoms with Crippen LogP contribution >= 0.6 is 0 Å². The molecule has 2 aromatic heterocycles. The van der Waals surface area contributed by atoms with Crippen LogP contribution in [-0.2, 0) is 0 Å². The number of aryl methyl sites for hydroxylation is 1. The number of nitrogens with one attached hydrogen (secondary N) is 2. The maximum absolute atomic E-state index is 12.1. The Balaban J connectivity index is 1.57. The van der Waals surface area contributed by atoms with E-state index in [1.807, 2.05) is 19.9 Å². The van der Waals surface area contributed by atoms with Crippen molar-refractivity contribution in [3.63, 3.8) is 0 Å². The Morgan fingerprint density at radius 1 is 1.33 bits per heavy atom. The van der Waals surface area contributed by atoms with Gasteiger partial charge in [-0.3, -0.25) is 4.79 Å². The summed E-state index contributed by atoms with van der Waals surface area (Å²) in [5.41, 5.74) is 6.74. The largest absolute Gasteiger partial charge is 0.382 e. The van der Waals surface area contributed by atoms with Crippen molar-refractivity contribution in [2.75, 3.05) is 17.6 Å². The first-order valence-corrected chi connectivity index (χ1v) is 7.99. The zero-order valence-corrected chi connectivity index (χ0v) is 13.8. The highest BCUT2D eigenvalue weighted by Gasteiger charge is 2.27. The molecule has 24 heavy (non-hydrogen) atoms. The average Bonchev–Trinajstić information content (AvgIpc) is 3.37. The van der Waals surface area contributed by atoms with Crippen LogP contribution in [0.5, 0.6) is 0 Å². The third-order valence-corrected chi connectivity index (χ3v) is 3.72. The van der Waals surface area contributed by atoms with Crippen molar-refractivity contribution in [1.29, 1.82) is 0 Å². The molecule has 4 N–H and O–H groups in total. The summed E-state index contributed by atoms with van der Waals surface area (Å²) in [6.07, 6.45) is 5.22. The molecule has 1 amide bonds. The number of nitrogens with two attached hydrogens (primary N) is 1. The topological polar surface area (TPSA) is 119 Å². The summed E-state index contributed by atoms with van der Waals surface area (Å²) in [5.74, 6) is 1.97. The van der Waals surface area contributed by atoms with Gasteiger partial charge in [0.1, 0.15) is 11.6 Å². The molecule has 126 valence electrons. The molecule has 2 aromatic rings. The van der Waals surface area contributed by atoms with Crippen molar-refractivity contribution in [3.05, 3.63) is 35.7 Å². The molecular weight excluding hydrogens is 306 g/mol. The molecular formula is C16H21N7O. The van der Waals surface area contributed by atoms with Gasteiger partial charge >= 0.3 is 0 Å². The second-order valence-corrected chi connectivity index (χ2v) is 6.07. The van der Waals surface area contributed by atoms with Crippen LogP contribution in [0, 0.1) is 6.92 Å². The Morgan fingerprint density at radius 2 is 2.08 bits per heavy atom. The lowest BCUT2D eigenvalue weighted by Gasteiger charge is -2.15. The number of carbonyl (C=O) groups excluding carboxylic acids is 1. The average molecular weight is 327 g/mol. The minimum absolute atomic E-state index is 0.121. The van der Waals surface area contributed by atoms with Crippen molar-refractivity contribution < 1.29 is 4.79 Å². The molecule has 0 radical (unpaired) electrons. The smallest absolute Gasteiger partial charge is 0.273 e. The lowest BCUT2D eigenvalue weighted by atomic mass is 10.3. The summed E-state index contributed by atoms with van der Waals surface area (Å²) >= 11 is 0. The molecule has 0 unspecified atom stereocenters. The van der Waals surface area contributed by atoms with Crippen LogP contribution in [0.2, 0.25) is 0 Å². The van der Waals surface area contributed by atoms with E-state index in [1.165, 1.54) is 12.4 Å². The lowest BCUT2D eigenvalue weighted by Crippen LogP contribution is -2.38. The Labute approximate surface area is 140 Å². The Morgan fingerprint density at radius 3 is 2.79 bits per heavy atom. The van der Waals surface area contributed by atoms with Crippen LogP contribution in [0.1, 0.15) is 47.7 Å². The van der Waals surface area contributed by atoms with E-state index in [-0.39, 0.29) is 23.5 Å². The zero-order chi connectivity index (χ0) is 17.1. The molecule has 0 aromatic carbocycles. The van der Waals surface area contributed by atoms with Crippen LogP contribution in [0.15, 0.2) is 18.5 Å². The van der Waals surface area contributed by atoms with Gasteiger partial charge in [-0.25, -0.2) is 19.9 Å². The minimum Gasteiger partial charge on any atom is -0.382 e. The molecule has 2 heterocycles. The van der Waals surface area contributed by atoms with E-state index in [1.54, 1.807) is 0 Å². The van der Waals surface area contributed by atoms with Gasteiger partial charge in [0, 0.05) is 42.7 Å². The Hall–Kier alpha value is -2.77. The summed E-state index contributed by atoms with van der Waals surface area (Å²) in [4.78, 5) is 29.0. The molecule has 3 rings (SSSR count). The maximum Gasteiger partial charge on any atom is 0.273 e. The third kappa shape index (κ3) is 3.95. The van der Waals surface area contributed by atoms with Gasteiger partial charge in [-0.2, -0.15) is 0 Å². The van der Waals surface area contributed by atoms with E-state index in [2.05, 4.69) is 30.6 Å². The quantitative estimate of drug-likeness (QED) is 0.731. The van der Waals surface area contributed by atoms with Gasteiger partial charge in [0.15, 0.2) is 11.5 Å². The van der Waals surface area contributed by atoms with E-state index in [4.69, 9.17) is 5.73 Å². The molecule has 1 aliphatic rings. The normalized spacial score (nSPS) is 14.9. The minimum atomic E-state index is -0.340. The molecule has 8 heteroatoms. The van der Waals surface area contributed by atoms with E-state index in [9.17, 15) is 4.79 Å². The molecule has 1 saturated carbocycles. The van der Waals surface area contributed by atoms with Gasteiger partial charge in [-0.15, -0.1) is 0 Å². The first-order chi connectivity index (χ1) is 11.5. The molecule has 1 atom stereocenters. The van der Waals surface area contributed by atoms with Crippen LogP contribution in [0.4, 0.5) is 11.6 Å². The summed E-state index contributed by atoms with van der Waals surface area (Å²) in [6.45, 7) is 4.39. The fourth-order valence-corrected chi connectivity index (χ4v) is 2.33. The van der Waals surface area contributed by atoms with Gasteiger partial charge in [-0.05, 0) is 26.7 Å². The second-order valence-electron chi connectivity index (χ2n) is 6.07. The molecule has 0 saturated heterocycles. The van der Waals surface area contributed by atoms with Crippen molar-refractivity contribution in [1.82, 2.24) is 25.3 Å². The third-order valence-electron chi connectivity index (χ3n) is 3.72. The molecule has 1 fully saturated rings. The van der Waals surface area contributed by atoms with E-state index in [0.29, 0.717) is 12.5 Å². The highest BCUT2D eigenvalue weighted by Crippen LogP contribution is 2.38. The number of hydrogen-bond acceptors (Lipinski definition) is 7. The molecule has 0 bridgehead atoms. The number of carbonyl (C=O) groups is 1. The monoisotopic (exact) mass is 327 g/mol. The standard InChI is InChI=1S/C16H21N7O/c1-9-7-12(23-15(21-9)11-3-4-11)20-8-10(2)22-16(24)13-14(17)19-6-5-18-13/h5-7,10-11H,3-4,8H2,1-2H3,(H2,17,19)(H,22,24)(H,20,21,23)/t10-/m0/s1. The number of amides is 1. The Bertz CT molecular complexity index is 745.